The van der Waals surface area contributed by atoms with Gasteiger partial charge in [-0.25, -0.2) is 4.98 Å². The summed E-state index contributed by atoms with van der Waals surface area (Å²) in [4.78, 5) is 29.5. The number of benzene rings is 2. The Morgan fingerprint density at radius 2 is 1.79 bits per heavy atom. The fourth-order valence-electron chi connectivity index (χ4n) is 2.49. The van der Waals surface area contributed by atoms with Crippen LogP contribution in [0.5, 0.6) is 0 Å². The van der Waals surface area contributed by atoms with Crippen LogP contribution in [0.15, 0.2) is 75.2 Å². The topological polar surface area (TPSA) is 71.1 Å². The first kappa shape index (κ1) is 20.1. The van der Waals surface area contributed by atoms with Gasteiger partial charge in [0, 0.05) is 33.9 Å². The smallest absolute Gasteiger partial charge is 0.258 e. The van der Waals surface area contributed by atoms with Gasteiger partial charge in [0.1, 0.15) is 5.03 Å². The molecule has 0 saturated carbocycles. The number of aryl methyl sites for hydroxylation is 1. The van der Waals surface area contributed by atoms with Crippen LogP contribution in [-0.2, 0) is 4.79 Å². The predicted molar refractivity (Wildman–Crippen MR) is 116 cm³/mol. The summed E-state index contributed by atoms with van der Waals surface area (Å²) in [5.74, 6) is -0.419. The van der Waals surface area contributed by atoms with Gasteiger partial charge in [-0.3, -0.25) is 9.59 Å². The number of halogens is 1. The van der Waals surface area contributed by atoms with E-state index < -0.39 is 0 Å². The second-order valence-electron chi connectivity index (χ2n) is 6.08. The lowest BCUT2D eigenvalue weighted by Crippen LogP contribution is -2.15. The molecule has 0 aliphatic heterocycles. The molecule has 0 saturated heterocycles. The van der Waals surface area contributed by atoms with Crippen molar-refractivity contribution in [3.05, 3.63) is 76.4 Å². The molecule has 28 heavy (non-hydrogen) atoms. The van der Waals surface area contributed by atoms with E-state index in [1.807, 2.05) is 37.3 Å². The van der Waals surface area contributed by atoms with E-state index in [1.54, 1.807) is 30.5 Å². The Balaban J connectivity index is 1.83. The predicted octanol–water partition coefficient (Wildman–Crippen LogP) is 5.51. The monoisotopic (exact) mass is 455 g/mol. The maximum absolute atomic E-state index is 12.9. The van der Waals surface area contributed by atoms with E-state index in [-0.39, 0.29) is 11.8 Å². The minimum Gasteiger partial charge on any atom is -0.326 e. The second kappa shape index (κ2) is 9.03. The van der Waals surface area contributed by atoms with E-state index in [4.69, 9.17) is 0 Å². The van der Waals surface area contributed by atoms with Crippen LogP contribution in [0.25, 0.3) is 0 Å². The van der Waals surface area contributed by atoms with Crippen LogP contribution in [0.2, 0.25) is 0 Å². The van der Waals surface area contributed by atoms with Crippen LogP contribution < -0.4 is 10.6 Å². The number of carbonyl (C=O) groups is 2. The fraction of sp³-hybridized carbons (Fsp3) is 0.0952. The molecule has 7 heteroatoms. The fourth-order valence-corrected chi connectivity index (χ4v) is 3.63. The van der Waals surface area contributed by atoms with E-state index in [2.05, 4.69) is 31.5 Å². The summed E-state index contributed by atoms with van der Waals surface area (Å²) in [7, 11) is 0. The normalized spacial score (nSPS) is 10.4. The molecule has 2 N–H and O–H groups in total. The number of aromatic nitrogens is 1. The molecule has 0 unspecified atom stereocenters. The molecular weight excluding hydrogens is 438 g/mol. The first-order valence-electron chi connectivity index (χ1n) is 8.50. The molecule has 0 aliphatic rings. The van der Waals surface area contributed by atoms with Gasteiger partial charge in [-0.2, -0.15) is 0 Å². The number of hydrogen-bond acceptors (Lipinski definition) is 4. The summed E-state index contributed by atoms with van der Waals surface area (Å²) in [5, 5.41) is 6.27. The first-order valence-corrected chi connectivity index (χ1v) is 10.1. The van der Waals surface area contributed by atoms with E-state index in [0.29, 0.717) is 22.0 Å². The SMILES string of the molecule is CC(=O)Nc1ccc(C)c(NC(=O)c2cccnc2Sc2ccc(Br)cc2)c1. The Bertz CT molecular complexity index is 1020. The molecule has 0 fully saturated rings. The van der Waals surface area contributed by atoms with Crippen LogP contribution in [0.3, 0.4) is 0 Å². The molecule has 3 aromatic rings. The highest BCUT2D eigenvalue weighted by Crippen LogP contribution is 2.30. The molecule has 2 amide bonds. The number of hydrogen-bond donors (Lipinski definition) is 2. The molecule has 0 atom stereocenters. The molecule has 0 aliphatic carbocycles. The van der Waals surface area contributed by atoms with Crippen LogP contribution in [-0.4, -0.2) is 16.8 Å². The van der Waals surface area contributed by atoms with Gasteiger partial charge in [-0.05, 0) is 61.0 Å². The van der Waals surface area contributed by atoms with E-state index in [0.717, 1.165) is 14.9 Å². The molecule has 0 radical (unpaired) electrons. The van der Waals surface area contributed by atoms with Gasteiger partial charge < -0.3 is 10.6 Å². The maximum Gasteiger partial charge on any atom is 0.258 e. The van der Waals surface area contributed by atoms with Crippen LogP contribution in [0, 0.1) is 6.92 Å². The lowest BCUT2D eigenvalue weighted by Gasteiger charge is -2.12. The highest BCUT2D eigenvalue weighted by atomic mass is 79.9. The summed E-state index contributed by atoms with van der Waals surface area (Å²) in [6.07, 6.45) is 1.67. The van der Waals surface area contributed by atoms with Gasteiger partial charge in [-0.1, -0.05) is 33.8 Å². The van der Waals surface area contributed by atoms with Crippen LogP contribution in [0.4, 0.5) is 11.4 Å². The summed E-state index contributed by atoms with van der Waals surface area (Å²) >= 11 is 4.85. The van der Waals surface area contributed by atoms with Crippen molar-refractivity contribution < 1.29 is 9.59 Å². The third-order valence-electron chi connectivity index (χ3n) is 3.85. The van der Waals surface area contributed by atoms with Crippen molar-refractivity contribution in [3.8, 4) is 0 Å². The van der Waals surface area contributed by atoms with Crippen molar-refractivity contribution in [2.75, 3.05) is 10.6 Å². The number of anilines is 2. The Hall–Kier alpha value is -2.64. The lowest BCUT2D eigenvalue weighted by molar-refractivity contribution is -0.114. The zero-order chi connectivity index (χ0) is 20.1. The third-order valence-corrected chi connectivity index (χ3v) is 5.41. The van der Waals surface area contributed by atoms with Crippen molar-refractivity contribution >= 4 is 50.9 Å². The van der Waals surface area contributed by atoms with Gasteiger partial charge in [-0.15, -0.1) is 0 Å². The molecule has 1 aromatic heterocycles. The van der Waals surface area contributed by atoms with E-state index in [1.165, 1.54) is 18.7 Å². The summed E-state index contributed by atoms with van der Waals surface area (Å²) in [6.45, 7) is 3.34. The molecule has 2 aromatic carbocycles. The highest BCUT2D eigenvalue weighted by molar-refractivity contribution is 9.10. The Morgan fingerprint density at radius 1 is 1.04 bits per heavy atom. The van der Waals surface area contributed by atoms with Crippen molar-refractivity contribution in [1.82, 2.24) is 4.98 Å². The summed E-state index contributed by atoms with van der Waals surface area (Å²) in [5.41, 5.74) is 2.65. The summed E-state index contributed by atoms with van der Waals surface area (Å²) < 4.78 is 0.991. The third kappa shape index (κ3) is 5.21. The Kier molecular flexibility index (Phi) is 6.49. The van der Waals surface area contributed by atoms with Crippen molar-refractivity contribution in [3.63, 3.8) is 0 Å². The number of nitrogens with one attached hydrogen (secondary N) is 2. The second-order valence-corrected chi connectivity index (χ2v) is 8.06. The molecule has 3 rings (SSSR count). The average molecular weight is 456 g/mol. The van der Waals surface area contributed by atoms with Crippen molar-refractivity contribution in [1.29, 1.82) is 0 Å². The first-order chi connectivity index (χ1) is 13.4. The van der Waals surface area contributed by atoms with Gasteiger partial charge >= 0.3 is 0 Å². The van der Waals surface area contributed by atoms with Gasteiger partial charge in [0.05, 0.1) is 5.56 Å². The number of rotatable bonds is 5. The van der Waals surface area contributed by atoms with Crippen LogP contribution in [0.1, 0.15) is 22.8 Å². The minimum atomic E-state index is -0.254. The molecular formula is C21H18BrN3O2S. The van der Waals surface area contributed by atoms with E-state index >= 15 is 0 Å². The number of pyridine rings is 1. The molecule has 1 heterocycles. The van der Waals surface area contributed by atoms with Crippen LogP contribution >= 0.6 is 27.7 Å². The zero-order valence-corrected chi connectivity index (χ0v) is 17.7. The molecule has 142 valence electrons. The largest absolute Gasteiger partial charge is 0.326 e. The maximum atomic E-state index is 12.9. The highest BCUT2D eigenvalue weighted by Gasteiger charge is 2.15. The Morgan fingerprint density at radius 3 is 2.50 bits per heavy atom. The lowest BCUT2D eigenvalue weighted by atomic mass is 10.1. The molecule has 5 nitrogen and oxygen atoms in total. The van der Waals surface area contributed by atoms with Crippen molar-refractivity contribution in [2.24, 2.45) is 0 Å². The number of amides is 2. The molecule has 0 spiro atoms. The number of nitrogens with zero attached hydrogens (tertiary/aromatic N) is 1. The van der Waals surface area contributed by atoms with Gasteiger partial charge in [0.15, 0.2) is 0 Å². The Labute approximate surface area is 176 Å². The average Bonchev–Trinajstić information content (AvgIpc) is 2.66. The number of carbonyl (C=O) groups excluding carboxylic acids is 2. The zero-order valence-electron chi connectivity index (χ0n) is 15.3. The van der Waals surface area contributed by atoms with Gasteiger partial charge in [0.2, 0.25) is 5.91 Å². The quantitative estimate of drug-likeness (QED) is 0.531. The standard InChI is InChI=1S/C21H18BrN3O2S/c1-13-5-8-16(24-14(2)26)12-19(13)25-20(27)18-4-3-11-23-21(18)28-17-9-6-15(22)7-10-17/h3-12H,1-2H3,(H,24,26)(H,25,27). The van der Waals surface area contributed by atoms with E-state index in [9.17, 15) is 9.59 Å². The minimum absolute atomic E-state index is 0.165. The van der Waals surface area contributed by atoms with Gasteiger partial charge in [0.25, 0.3) is 5.91 Å². The summed E-state index contributed by atoms with van der Waals surface area (Å²) in [6, 6.07) is 16.7. The molecule has 0 bridgehead atoms. The van der Waals surface area contributed by atoms with Crippen molar-refractivity contribution in [2.45, 2.75) is 23.8 Å².